The van der Waals surface area contributed by atoms with Crippen molar-refractivity contribution in [3.63, 3.8) is 0 Å². The lowest BCUT2D eigenvalue weighted by Crippen LogP contribution is -2.15. The van der Waals surface area contributed by atoms with Crippen LogP contribution in [0.3, 0.4) is 0 Å². The third-order valence-electron chi connectivity index (χ3n) is 2.66. The van der Waals surface area contributed by atoms with Crippen LogP contribution in [0.4, 0.5) is 11.4 Å². The summed E-state index contributed by atoms with van der Waals surface area (Å²) >= 11 is 6.56. The van der Waals surface area contributed by atoms with E-state index < -0.39 is 0 Å². The number of hydrogen-bond donors (Lipinski definition) is 1. The van der Waals surface area contributed by atoms with E-state index in [0.717, 1.165) is 18.5 Å². The molecule has 23 heavy (non-hydrogen) atoms. The molecule has 0 saturated carbocycles. The molecule has 0 spiro atoms. The fourth-order valence-corrected chi connectivity index (χ4v) is 2.29. The largest absolute Gasteiger partial charge is 0.388 e. The summed E-state index contributed by atoms with van der Waals surface area (Å²) in [6, 6.07) is 10.6. The minimum atomic E-state index is 0.111. The number of nitrogens with zero attached hydrogens (tertiary/aromatic N) is 1. The highest BCUT2D eigenvalue weighted by atomic mass is 35.5. The fourth-order valence-electron chi connectivity index (χ4n) is 1.63. The lowest BCUT2D eigenvalue weighted by molar-refractivity contribution is -0.106. The highest BCUT2D eigenvalue weighted by molar-refractivity contribution is 7.07. The average molecular weight is 355 g/mol. The molecule has 0 radical (unpaired) electrons. The van der Waals surface area contributed by atoms with Crippen LogP contribution in [0.5, 0.6) is 0 Å². The van der Waals surface area contributed by atoms with Crippen LogP contribution in [-0.2, 0) is 16.1 Å². The van der Waals surface area contributed by atoms with Gasteiger partial charge in [-0.05, 0) is 53.6 Å². The molecule has 0 atom stereocenters. The van der Waals surface area contributed by atoms with Gasteiger partial charge in [-0.2, -0.15) is 11.3 Å². The van der Waals surface area contributed by atoms with E-state index in [0.29, 0.717) is 6.29 Å². The van der Waals surface area contributed by atoms with Gasteiger partial charge in [0.15, 0.2) is 0 Å². The van der Waals surface area contributed by atoms with Crippen molar-refractivity contribution >= 4 is 46.9 Å². The Labute approximate surface area is 147 Å². The lowest BCUT2D eigenvalue weighted by atomic mass is 10.2. The summed E-state index contributed by atoms with van der Waals surface area (Å²) in [7, 11) is 4.05. The third kappa shape index (κ3) is 9.71. The number of hydrogen-bond acceptors (Lipinski definition) is 5. The third-order valence-corrected chi connectivity index (χ3v) is 3.52. The Kier molecular flexibility index (Phi) is 12.7. The topological polar surface area (TPSA) is 49.4 Å². The molecule has 0 bridgehead atoms. The van der Waals surface area contributed by atoms with Crippen molar-refractivity contribution in [1.29, 1.82) is 0 Å². The predicted octanol–water partition coefficient (Wildman–Crippen LogP) is 4.06. The van der Waals surface area contributed by atoms with E-state index in [2.05, 4.69) is 58.4 Å². The second-order valence-electron chi connectivity index (χ2n) is 4.34. The van der Waals surface area contributed by atoms with Crippen LogP contribution in [0.2, 0.25) is 0 Å². The highest BCUT2D eigenvalue weighted by Gasteiger charge is 2.02. The van der Waals surface area contributed by atoms with E-state index in [9.17, 15) is 0 Å². The van der Waals surface area contributed by atoms with Crippen LogP contribution in [0, 0.1) is 0 Å². The quantitative estimate of drug-likeness (QED) is 0.650. The van der Waals surface area contributed by atoms with E-state index >= 15 is 0 Å². The van der Waals surface area contributed by atoms with Gasteiger partial charge in [0, 0.05) is 32.0 Å². The van der Waals surface area contributed by atoms with Crippen LogP contribution in [0.25, 0.3) is 0 Å². The highest BCUT2D eigenvalue weighted by Crippen LogP contribution is 2.19. The summed E-state index contributed by atoms with van der Waals surface area (Å²) < 4.78 is 0. The molecular weight excluding hydrogens is 332 g/mol. The molecule has 1 N–H and O–H groups in total. The van der Waals surface area contributed by atoms with Crippen molar-refractivity contribution in [2.75, 3.05) is 30.2 Å². The zero-order valence-corrected chi connectivity index (χ0v) is 15.2. The normalized spacial score (nSPS) is 8.70. The zero-order chi connectivity index (χ0) is 17.5. The maximum absolute atomic E-state index is 9.04. The standard InChI is InChI=1S/C13H16N2S.C2H3ClO.C2H4O/c1-14-12-3-5-13(6-4-12)15(2)9-11-7-8-16-10-11;3-1-2-4;1-2-3/h3-8,10,14H,9H2,1-2H3;2H,1H2;2H,1H3. The first-order chi connectivity index (χ1) is 11.1. The lowest BCUT2D eigenvalue weighted by Gasteiger charge is -2.18. The number of benzene rings is 1. The Morgan fingerprint density at radius 2 is 1.78 bits per heavy atom. The molecular formula is C17H23ClN2O2S. The molecule has 4 nitrogen and oxygen atoms in total. The SMILES string of the molecule is CC=O.CNc1ccc(N(C)Cc2ccsc2)cc1.O=CCCl. The first-order valence-electron chi connectivity index (χ1n) is 7.02. The number of rotatable bonds is 5. The van der Waals surface area contributed by atoms with Crippen molar-refractivity contribution < 1.29 is 9.59 Å². The maximum atomic E-state index is 9.04. The van der Waals surface area contributed by atoms with Crippen LogP contribution < -0.4 is 10.2 Å². The minimum Gasteiger partial charge on any atom is -0.388 e. The number of aldehydes is 2. The number of halogens is 1. The summed E-state index contributed by atoms with van der Waals surface area (Å²) in [6.07, 6.45) is 1.39. The molecule has 0 amide bonds. The number of alkyl halides is 1. The molecule has 0 aliphatic carbocycles. The molecule has 0 saturated heterocycles. The van der Waals surface area contributed by atoms with Crippen LogP contribution >= 0.6 is 22.9 Å². The zero-order valence-electron chi connectivity index (χ0n) is 13.7. The molecule has 1 heterocycles. The first-order valence-corrected chi connectivity index (χ1v) is 8.50. The van der Waals surface area contributed by atoms with Gasteiger partial charge in [0.05, 0.1) is 5.88 Å². The van der Waals surface area contributed by atoms with Gasteiger partial charge >= 0.3 is 0 Å². The van der Waals surface area contributed by atoms with Gasteiger partial charge in [0.25, 0.3) is 0 Å². The number of carbonyl (C=O) groups is 2. The number of nitrogens with one attached hydrogen (secondary N) is 1. The molecule has 1 aromatic carbocycles. The minimum absolute atomic E-state index is 0.111. The fraction of sp³-hybridized carbons (Fsp3) is 0.294. The van der Waals surface area contributed by atoms with E-state index in [1.54, 1.807) is 11.3 Å². The molecule has 1 aromatic heterocycles. The van der Waals surface area contributed by atoms with Crippen LogP contribution in [0.1, 0.15) is 12.5 Å². The van der Waals surface area contributed by atoms with E-state index in [4.69, 9.17) is 21.2 Å². The van der Waals surface area contributed by atoms with Gasteiger partial charge < -0.3 is 19.8 Å². The molecule has 0 aliphatic rings. The number of thiophene rings is 1. The summed E-state index contributed by atoms with van der Waals surface area (Å²) in [5, 5.41) is 7.43. The second-order valence-corrected chi connectivity index (χ2v) is 5.43. The van der Waals surface area contributed by atoms with Gasteiger partial charge in [-0.1, -0.05) is 0 Å². The Hall–Kier alpha value is -1.85. The van der Waals surface area contributed by atoms with Gasteiger partial charge in [-0.3, -0.25) is 0 Å². The molecule has 0 unspecified atom stereocenters. The van der Waals surface area contributed by atoms with Crippen LogP contribution in [-0.4, -0.2) is 32.5 Å². The number of carbonyl (C=O) groups excluding carboxylic acids is 2. The number of anilines is 2. The maximum Gasteiger partial charge on any atom is 0.134 e. The first kappa shape index (κ1) is 21.1. The molecule has 0 fully saturated rings. The average Bonchev–Trinajstić information content (AvgIpc) is 3.09. The summed E-state index contributed by atoms with van der Waals surface area (Å²) in [6.45, 7) is 2.41. The smallest absolute Gasteiger partial charge is 0.134 e. The summed E-state index contributed by atoms with van der Waals surface area (Å²) in [5.41, 5.74) is 3.75. The summed E-state index contributed by atoms with van der Waals surface area (Å²) in [5.74, 6) is 0.111. The Bertz CT molecular complexity index is 530. The van der Waals surface area contributed by atoms with Gasteiger partial charge in [0.2, 0.25) is 0 Å². The Morgan fingerprint density at radius 1 is 1.22 bits per heavy atom. The van der Waals surface area contributed by atoms with Crippen molar-refractivity contribution in [2.45, 2.75) is 13.5 Å². The summed E-state index contributed by atoms with van der Waals surface area (Å²) in [4.78, 5) is 20.1. The molecule has 2 aromatic rings. The van der Waals surface area contributed by atoms with Crippen molar-refractivity contribution in [3.8, 4) is 0 Å². The van der Waals surface area contributed by atoms with E-state index in [-0.39, 0.29) is 5.88 Å². The van der Waals surface area contributed by atoms with Crippen LogP contribution in [0.15, 0.2) is 41.1 Å². The van der Waals surface area contributed by atoms with E-state index in [1.807, 2.05) is 7.05 Å². The Balaban J connectivity index is 0.000000591. The van der Waals surface area contributed by atoms with Gasteiger partial charge in [0.1, 0.15) is 12.6 Å². The molecule has 126 valence electrons. The second kappa shape index (κ2) is 13.8. The van der Waals surface area contributed by atoms with Crippen molar-refractivity contribution in [1.82, 2.24) is 0 Å². The van der Waals surface area contributed by atoms with Crippen molar-refractivity contribution in [2.24, 2.45) is 0 Å². The van der Waals surface area contributed by atoms with E-state index in [1.165, 1.54) is 18.2 Å². The Morgan fingerprint density at radius 3 is 2.17 bits per heavy atom. The monoisotopic (exact) mass is 354 g/mol. The molecule has 6 heteroatoms. The van der Waals surface area contributed by atoms with Gasteiger partial charge in [-0.15, -0.1) is 11.6 Å². The molecule has 2 rings (SSSR count). The molecule has 0 aliphatic heterocycles. The van der Waals surface area contributed by atoms with Crippen molar-refractivity contribution in [3.05, 3.63) is 46.7 Å². The van der Waals surface area contributed by atoms with Gasteiger partial charge in [-0.25, -0.2) is 0 Å². The predicted molar refractivity (Wildman–Crippen MR) is 101 cm³/mol.